The van der Waals surface area contributed by atoms with E-state index in [1.807, 2.05) is 16.8 Å². The molecule has 2 N–H and O–H groups in total. The van der Waals surface area contributed by atoms with Crippen LogP contribution in [0.3, 0.4) is 0 Å². The number of halogens is 1. The maximum atomic E-state index is 12.9. The Morgan fingerprint density at radius 3 is 2.68 bits per heavy atom. The molecule has 3 atom stereocenters. The van der Waals surface area contributed by atoms with Crippen molar-refractivity contribution in [2.45, 2.75) is 109 Å². The Kier molecular flexibility index (Phi) is 9.33. The monoisotopic (exact) mass is 548 g/mol. The third-order valence-electron chi connectivity index (χ3n) is 7.62. The summed E-state index contributed by atoms with van der Waals surface area (Å²) >= 11 is 6.09. The molecule has 0 radical (unpaired) electrons. The van der Waals surface area contributed by atoms with Crippen molar-refractivity contribution in [3.8, 4) is 12.3 Å². The summed E-state index contributed by atoms with van der Waals surface area (Å²) in [6.45, 7) is 13.1. The molecule has 0 spiro atoms. The number of nitrogens with zero attached hydrogens (tertiary/aromatic N) is 3. The molecule has 1 fully saturated rings. The first-order valence-corrected chi connectivity index (χ1v) is 16.4. The maximum absolute atomic E-state index is 12.9. The summed E-state index contributed by atoms with van der Waals surface area (Å²) in [5.41, 5.74) is 5.34. The van der Waals surface area contributed by atoms with Gasteiger partial charge < -0.3 is 24.2 Å². The minimum absolute atomic E-state index is 0.0206. The Bertz CT molecular complexity index is 1140. The molecule has 1 saturated heterocycles. The van der Waals surface area contributed by atoms with Gasteiger partial charge in [-0.3, -0.25) is 4.79 Å². The molecule has 1 aliphatic rings. The molecule has 0 unspecified atom stereocenters. The van der Waals surface area contributed by atoms with Crippen LogP contribution in [0.4, 0.5) is 5.82 Å². The minimum Gasteiger partial charge on any atom is -0.458 e. The molecule has 0 aromatic carbocycles. The lowest BCUT2D eigenvalue weighted by Gasteiger charge is -2.39. The summed E-state index contributed by atoms with van der Waals surface area (Å²) in [6, 6.07) is 1.81. The molecule has 0 amide bonds. The molecule has 1 aliphatic heterocycles. The zero-order valence-corrected chi connectivity index (χ0v) is 24.7. The number of hydrogen-bond donors (Lipinski definition) is 1. The predicted octanol–water partition coefficient (Wildman–Crippen LogP) is 6.25. The molecule has 3 rings (SSSR count). The van der Waals surface area contributed by atoms with Gasteiger partial charge in [0.1, 0.15) is 23.8 Å². The van der Waals surface area contributed by atoms with Crippen LogP contribution in [0.1, 0.15) is 78.9 Å². The highest BCUT2D eigenvalue weighted by Gasteiger charge is 2.53. The number of fused-ring (bicyclic) bond motifs is 1. The third-order valence-corrected chi connectivity index (χ3v) is 12.3. The van der Waals surface area contributed by atoms with Crippen LogP contribution in [-0.4, -0.2) is 47.1 Å². The van der Waals surface area contributed by atoms with Crippen LogP contribution in [0, 0.1) is 12.3 Å². The Hall–Kier alpha value is -2.12. The Balaban J connectivity index is 1.86. The van der Waals surface area contributed by atoms with Crippen LogP contribution in [0.2, 0.25) is 23.4 Å². The van der Waals surface area contributed by atoms with Crippen LogP contribution < -0.4 is 5.73 Å². The first kappa shape index (κ1) is 29.4. The second-order valence-corrected chi connectivity index (χ2v) is 16.5. The highest BCUT2D eigenvalue weighted by atomic mass is 35.5. The van der Waals surface area contributed by atoms with Crippen LogP contribution >= 0.6 is 11.6 Å². The van der Waals surface area contributed by atoms with E-state index in [1.165, 1.54) is 6.42 Å². The number of nitrogen functional groups attached to an aromatic ring is 1. The van der Waals surface area contributed by atoms with Gasteiger partial charge in [0.15, 0.2) is 13.9 Å². The number of esters is 1. The summed E-state index contributed by atoms with van der Waals surface area (Å²) in [4.78, 5) is 21.2. The number of carbonyl (C=O) groups excluding carboxylic acids is 1. The highest BCUT2D eigenvalue weighted by Crippen LogP contribution is 2.43. The molecular weight excluding hydrogens is 508 g/mol. The van der Waals surface area contributed by atoms with E-state index in [9.17, 15) is 4.79 Å². The zero-order chi connectivity index (χ0) is 27.4. The smallest absolute Gasteiger partial charge is 0.306 e. The zero-order valence-electron chi connectivity index (χ0n) is 23.0. The van der Waals surface area contributed by atoms with Gasteiger partial charge in [0.25, 0.3) is 0 Å². The van der Waals surface area contributed by atoms with Crippen molar-refractivity contribution in [2.24, 2.45) is 0 Å². The Labute approximate surface area is 226 Å². The van der Waals surface area contributed by atoms with Crippen molar-refractivity contribution in [1.29, 1.82) is 0 Å². The molecular formula is C27H41ClN4O4Si. The van der Waals surface area contributed by atoms with Crippen molar-refractivity contribution in [2.75, 3.05) is 12.3 Å². The second-order valence-electron chi connectivity index (χ2n) is 11.4. The number of carbonyl (C=O) groups is 1. The number of ether oxygens (including phenoxy) is 2. The van der Waals surface area contributed by atoms with E-state index in [0.717, 1.165) is 25.7 Å². The van der Waals surface area contributed by atoms with Crippen LogP contribution in [0.15, 0.2) is 12.3 Å². The maximum Gasteiger partial charge on any atom is 0.306 e. The van der Waals surface area contributed by atoms with Gasteiger partial charge in [0, 0.05) is 19.0 Å². The van der Waals surface area contributed by atoms with E-state index in [4.69, 9.17) is 37.7 Å². The number of rotatable bonds is 11. The van der Waals surface area contributed by atoms with Crippen molar-refractivity contribution in [3.63, 3.8) is 0 Å². The van der Waals surface area contributed by atoms with E-state index in [1.54, 1.807) is 0 Å². The molecule has 10 heteroatoms. The Morgan fingerprint density at radius 1 is 1.32 bits per heavy atom. The van der Waals surface area contributed by atoms with Crippen molar-refractivity contribution >= 4 is 42.7 Å². The predicted molar refractivity (Wildman–Crippen MR) is 150 cm³/mol. The number of nitrogens with two attached hydrogens (primary N) is 1. The average Bonchev–Trinajstić information content (AvgIpc) is 3.39. The lowest BCUT2D eigenvalue weighted by molar-refractivity contribution is -0.158. The fraction of sp³-hybridized carbons (Fsp3) is 0.667. The van der Waals surface area contributed by atoms with Crippen LogP contribution in [0.5, 0.6) is 0 Å². The van der Waals surface area contributed by atoms with E-state index in [-0.39, 0.29) is 28.7 Å². The van der Waals surface area contributed by atoms with E-state index in [0.29, 0.717) is 23.9 Å². The molecule has 2 aromatic rings. The van der Waals surface area contributed by atoms with Crippen LogP contribution in [0.25, 0.3) is 11.0 Å². The van der Waals surface area contributed by atoms with E-state index in [2.05, 4.69) is 56.7 Å². The highest BCUT2D eigenvalue weighted by molar-refractivity contribution is 6.74. The Morgan fingerprint density at radius 2 is 2.03 bits per heavy atom. The van der Waals surface area contributed by atoms with Gasteiger partial charge in [-0.1, -0.05) is 59.3 Å². The van der Waals surface area contributed by atoms with E-state index >= 15 is 0 Å². The number of anilines is 1. The number of aromatic nitrogens is 3. The van der Waals surface area contributed by atoms with Gasteiger partial charge in [-0.05, 0) is 42.2 Å². The average molecular weight is 549 g/mol. The van der Waals surface area contributed by atoms with Gasteiger partial charge in [0.2, 0.25) is 5.28 Å². The lowest BCUT2D eigenvalue weighted by atomic mass is 9.98. The summed E-state index contributed by atoms with van der Waals surface area (Å²) in [6.07, 6.45) is 12.6. The first-order valence-electron chi connectivity index (χ1n) is 13.1. The quantitative estimate of drug-likeness (QED) is 0.116. The van der Waals surface area contributed by atoms with Crippen molar-refractivity contribution in [3.05, 3.63) is 17.5 Å². The molecule has 37 heavy (non-hydrogen) atoms. The minimum atomic E-state index is -2.16. The van der Waals surface area contributed by atoms with Gasteiger partial charge in [-0.25, -0.2) is 4.98 Å². The summed E-state index contributed by atoms with van der Waals surface area (Å²) in [5.74, 6) is 2.81. The number of unbranched alkanes of at least 4 members (excludes halogenated alkanes) is 4. The normalized spacial score (nSPS) is 22.3. The molecule has 0 saturated carbocycles. The number of terminal acetylenes is 1. The molecule has 2 aromatic heterocycles. The van der Waals surface area contributed by atoms with Crippen LogP contribution in [-0.2, 0) is 18.7 Å². The van der Waals surface area contributed by atoms with Gasteiger partial charge in [-0.15, -0.1) is 6.42 Å². The van der Waals surface area contributed by atoms with Crippen molar-refractivity contribution < 1.29 is 18.7 Å². The van der Waals surface area contributed by atoms with E-state index < -0.39 is 26.3 Å². The summed E-state index contributed by atoms with van der Waals surface area (Å²) in [7, 11) is -2.16. The first-order chi connectivity index (χ1) is 17.3. The molecule has 3 heterocycles. The van der Waals surface area contributed by atoms with Gasteiger partial charge in [-0.2, -0.15) is 4.98 Å². The SMILES string of the molecule is C#C[C@]1(CO[Si](C)(C)C(C)(C)C)O[C@@H](n2ccc3c(N)nc(Cl)nc32)C[C@@H]1OC(=O)CCCCCCC. The summed E-state index contributed by atoms with van der Waals surface area (Å²) in [5, 5.41) is 0.677. The van der Waals surface area contributed by atoms with Gasteiger partial charge in [0.05, 0.1) is 12.0 Å². The molecule has 8 nitrogen and oxygen atoms in total. The fourth-order valence-corrected chi connectivity index (χ4v) is 5.38. The molecule has 0 aliphatic carbocycles. The van der Waals surface area contributed by atoms with Gasteiger partial charge >= 0.3 is 5.97 Å². The number of hydrogen-bond acceptors (Lipinski definition) is 7. The largest absolute Gasteiger partial charge is 0.458 e. The second kappa shape index (κ2) is 11.7. The fourth-order valence-electron chi connectivity index (χ4n) is 4.21. The summed E-state index contributed by atoms with van der Waals surface area (Å²) < 4.78 is 20.8. The third kappa shape index (κ3) is 6.66. The van der Waals surface area contributed by atoms with Crippen molar-refractivity contribution in [1.82, 2.24) is 14.5 Å². The lowest BCUT2D eigenvalue weighted by Crippen LogP contribution is -2.50. The standard InChI is InChI=1S/C27H41ClN4O4Si/c1-8-10-11-12-13-14-22(33)35-20-17-21(32-16-15-19-23(29)30-25(28)31-24(19)32)36-27(20,9-2)18-34-37(6,7)26(3,4)5/h2,15-16,20-21H,8,10-14,17-18H2,1,3-7H3,(H2,29,30,31)/t20-,21+,27+/m0/s1. The molecule has 204 valence electrons. The topological polar surface area (TPSA) is 101 Å². The molecule has 0 bridgehead atoms.